The highest BCUT2D eigenvalue weighted by Gasteiger charge is 2.63. The van der Waals surface area contributed by atoms with Gasteiger partial charge in [-0.3, -0.25) is 4.68 Å². The van der Waals surface area contributed by atoms with Crippen molar-refractivity contribution in [3.8, 4) is 6.07 Å². The molecule has 1 heterocycles. The monoisotopic (exact) mass is 453 g/mol. The quantitative estimate of drug-likeness (QED) is 0.648. The third-order valence-corrected chi connectivity index (χ3v) is 11.3. The Bertz CT molecular complexity index is 930. The van der Waals surface area contributed by atoms with Crippen LogP contribution in [0.15, 0.2) is 12.4 Å². The van der Waals surface area contributed by atoms with Crippen molar-refractivity contribution < 1.29 is 10.2 Å². The Kier molecular flexibility index (Phi) is 5.54. The van der Waals surface area contributed by atoms with Crippen molar-refractivity contribution in [2.24, 2.45) is 40.4 Å². The molecule has 5 heteroatoms. The normalized spacial score (nSPS) is 46.5. The van der Waals surface area contributed by atoms with E-state index >= 15 is 0 Å². The number of aliphatic hydroxyl groups is 2. The molecule has 4 fully saturated rings. The van der Waals surface area contributed by atoms with E-state index in [0.717, 1.165) is 31.1 Å². The van der Waals surface area contributed by atoms with Crippen molar-refractivity contribution in [1.29, 1.82) is 5.26 Å². The largest absolute Gasteiger partial charge is 0.390 e. The Hall–Kier alpha value is -1.38. The van der Waals surface area contributed by atoms with E-state index < -0.39 is 11.2 Å². The Balaban J connectivity index is 1.38. The molecule has 0 saturated heterocycles. The second-order valence-electron chi connectivity index (χ2n) is 13.0. The summed E-state index contributed by atoms with van der Waals surface area (Å²) in [5, 5.41) is 36.0. The van der Waals surface area contributed by atoms with Crippen LogP contribution < -0.4 is 0 Å². The molecule has 5 nitrogen and oxygen atoms in total. The Labute approximate surface area is 199 Å². The van der Waals surface area contributed by atoms with Gasteiger partial charge in [-0.2, -0.15) is 10.4 Å². The molecule has 4 aliphatic carbocycles. The summed E-state index contributed by atoms with van der Waals surface area (Å²) in [4.78, 5) is 0. The molecule has 182 valence electrons. The molecule has 1 aromatic rings. The molecule has 5 rings (SSSR count). The Morgan fingerprint density at radius 2 is 1.94 bits per heavy atom. The van der Waals surface area contributed by atoms with Gasteiger partial charge < -0.3 is 10.2 Å². The number of nitriles is 1. The molecule has 33 heavy (non-hydrogen) atoms. The minimum Gasteiger partial charge on any atom is -0.390 e. The number of fused-ring (bicyclic) bond motifs is 5. The van der Waals surface area contributed by atoms with E-state index in [4.69, 9.17) is 5.26 Å². The Morgan fingerprint density at radius 3 is 2.64 bits per heavy atom. The first-order valence-electron chi connectivity index (χ1n) is 13.4. The lowest BCUT2D eigenvalue weighted by Crippen LogP contribution is -2.57. The van der Waals surface area contributed by atoms with Crippen LogP contribution in [0.4, 0.5) is 0 Å². The second-order valence-corrected chi connectivity index (χ2v) is 13.0. The van der Waals surface area contributed by atoms with Crippen LogP contribution in [0.25, 0.3) is 0 Å². The zero-order chi connectivity index (χ0) is 23.6. The number of aromatic nitrogens is 2. The van der Waals surface area contributed by atoms with Crippen molar-refractivity contribution in [3.05, 3.63) is 18.0 Å². The number of rotatable bonds is 4. The van der Waals surface area contributed by atoms with Crippen molar-refractivity contribution in [1.82, 2.24) is 9.78 Å². The maximum absolute atomic E-state index is 11.7. The first-order chi connectivity index (χ1) is 15.5. The minimum absolute atomic E-state index is 0.164. The third kappa shape index (κ3) is 3.59. The van der Waals surface area contributed by atoms with E-state index in [-0.39, 0.29) is 11.3 Å². The highest BCUT2D eigenvalue weighted by molar-refractivity contribution is 5.22. The fourth-order valence-corrected chi connectivity index (χ4v) is 9.91. The van der Waals surface area contributed by atoms with Gasteiger partial charge in [0.1, 0.15) is 6.07 Å². The topological polar surface area (TPSA) is 82.1 Å². The number of hydrogen-bond acceptors (Lipinski definition) is 4. The molecule has 0 aliphatic heterocycles. The summed E-state index contributed by atoms with van der Waals surface area (Å²) in [5.74, 6) is 3.16. The van der Waals surface area contributed by atoms with Crippen LogP contribution in [0.1, 0.15) is 97.5 Å². The molecule has 0 aromatic carbocycles. The SMILES string of the molecule is CC[C@]12CC[C@@](C)(O)C[C@H]1CC[C@H]1[C@@H]3CC[C@H](C(C)(O)Cn4cc(C#N)cn4)[C@@]3(C)CC[C@@H]12. The predicted molar refractivity (Wildman–Crippen MR) is 128 cm³/mol. The van der Waals surface area contributed by atoms with Crippen molar-refractivity contribution in [2.75, 3.05) is 0 Å². The molecule has 0 amide bonds. The molecule has 0 radical (unpaired) electrons. The molecule has 4 saturated carbocycles. The van der Waals surface area contributed by atoms with Gasteiger partial charge in [0.2, 0.25) is 0 Å². The van der Waals surface area contributed by atoms with Gasteiger partial charge >= 0.3 is 0 Å². The van der Waals surface area contributed by atoms with Crippen molar-refractivity contribution in [2.45, 2.75) is 110 Å². The smallest absolute Gasteiger partial charge is 0.102 e. The second kappa shape index (κ2) is 7.82. The first kappa shape index (κ1) is 23.4. The van der Waals surface area contributed by atoms with Gasteiger partial charge in [-0.05, 0) is 118 Å². The average molecular weight is 454 g/mol. The molecule has 0 spiro atoms. The molecular weight excluding hydrogens is 410 g/mol. The summed E-state index contributed by atoms with van der Waals surface area (Å²) in [6.07, 6.45) is 15.1. The van der Waals surface area contributed by atoms with E-state index in [2.05, 4.69) is 31.9 Å². The van der Waals surface area contributed by atoms with E-state index in [1.165, 1.54) is 44.9 Å². The number of hydrogen-bond donors (Lipinski definition) is 2. The number of nitrogens with zero attached hydrogens (tertiary/aromatic N) is 3. The van der Waals surface area contributed by atoms with Gasteiger partial charge in [0, 0.05) is 6.20 Å². The highest BCUT2D eigenvalue weighted by atomic mass is 16.3. The van der Waals surface area contributed by atoms with Crippen LogP contribution in [0, 0.1) is 51.8 Å². The van der Waals surface area contributed by atoms with Crippen molar-refractivity contribution >= 4 is 0 Å². The molecule has 0 bridgehead atoms. The summed E-state index contributed by atoms with van der Waals surface area (Å²) < 4.78 is 1.76. The van der Waals surface area contributed by atoms with Crippen LogP contribution in [-0.4, -0.2) is 31.2 Å². The highest BCUT2D eigenvalue weighted by Crippen LogP contribution is 2.69. The van der Waals surface area contributed by atoms with Crippen LogP contribution in [0.5, 0.6) is 0 Å². The van der Waals surface area contributed by atoms with E-state index in [0.29, 0.717) is 29.4 Å². The molecule has 1 unspecified atom stereocenters. The van der Waals surface area contributed by atoms with Gasteiger partial charge in [0.05, 0.1) is 29.5 Å². The fraction of sp³-hybridized carbons (Fsp3) is 0.857. The van der Waals surface area contributed by atoms with Crippen LogP contribution >= 0.6 is 0 Å². The molecule has 4 aliphatic rings. The summed E-state index contributed by atoms with van der Waals surface area (Å²) in [5.41, 5.74) is -0.185. The summed E-state index contributed by atoms with van der Waals surface area (Å²) in [6.45, 7) is 9.38. The lowest BCUT2D eigenvalue weighted by atomic mass is 9.42. The van der Waals surface area contributed by atoms with Crippen molar-refractivity contribution in [3.63, 3.8) is 0 Å². The van der Waals surface area contributed by atoms with E-state index in [1.807, 2.05) is 6.92 Å². The lowest BCUT2D eigenvalue weighted by molar-refractivity contribution is -0.166. The van der Waals surface area contributed by atoms with Gasteiger partial charge in [0.25, 0.3) is 0 Å². The lowest BCUT2D eigenvalue weighted by Gasteiger charge is -2.63. The summed E-state index contributed by atoms with van der Waals surface area (Å²) in [6, 6.07) is 2.14. The van der Waals surface area contributed by atoms with Crippen LogP contribution in [-0.2, 0) is 6.54 Å². The molecular formula is C28H43N3O2. The van der Waals surface area contributed by atoms with E-state index in [9.17, 15) is 10.2 Å². The molecule has 9 atom stereocenters. The maximum atomic E-state index is 11.7. The zero-order valence-corrected chi connectivity index (χ0v) is 21.1. The minimum atomic E-state index is -0.835. The Morgan fingerprint density at radius 1 is 1.15 bits per heavy atom. The average Bonchev–Trinajstić information content (AvgIpc) is 3.36. The molecule has 1 aromatic heterocycles. The zero-order valence-electron chi connectivity index (χ0n) is 21.1. The summed E-state index contributed by atoms with van der Waals surface area (Å²) in [7, 11) is 0. The maximum Gasteiger partial charge on any atom is 0.102 e. The van der Waals surface area contributed by atoms with Gasteiger partial charge in [0.15, 0.2) is 0 Å². The van der Waals surface area contributed by atoms with Gasteiger partial charge in [-0.25, -0.2) is 0 Å². The van der Waals surface area contributed by atoms with Gasteiger partial charge in [-0.15, -0.1) is 0 Å². The summed E-state index contributed by atoms with van der Waals surface area (Å²) >= 11 is 0. The van der Waals surface area contributed by atoms with E-state index in [1.54, 1.807) is 17.1 Å². The predicted octanol–water partition coefficient (Wildman–Crippen LogP) is 5.31. The first-order valence-corrected chi connectivity index (χ1v) is 13.4. The van der Waals surface area contributed by atoms with Crippen LogP contribution in [0.2, 0.25) is 0 Å². The molecule has 2 N–H and O–H groups in total. The van der Waals surface area contributed by atoms with Gasteiger partial charge in [-0.1, -0.05) is 13.8 Å². The third-order valence-electron chi connectivity index (χ3n) is 11.3. The standard InChI is InChI=1S/C28H43N3O2/c1-5-28-13-12-25(2,32)14-20(28)6-7-21-22-8-9-24(26(22,3)11-10-23(21)28)27(4,33)18-31-17-19(15-29)16-30-31/h16-17,20-24,32-33H,5-14,18H2,1-4H3/t20-,21+,22+,23+,24+,25-,26+,27?,28+/m1/s1. The van der Waals surface area contributed by atoms with Crippen LogP contribution in [0.3, 0.4) is 0 Å². The fourth-order valence-electron chi connectivity index (χ4n) is 9.91.